The van der Waals surface area contributed by atoms with Gasteiger partial charge in [0.25, 0.3) is 0 Å². The summed E-state index contributed by atoms with van der Waals surface area (Å²) in [6, 6.07) is 18.0. The Morgan fingerprint density at radius 3 is 2.43 bits per heavy atom. The average molecular weight is 612 g/mol. The summed E-state index contributed by atoms with van der Waals surface area (Å²) in [5.41, 5.74) is 5.13. The summed E-state index contributed by atoms with van der Waals surface area (Å²) in [6.07, 6.45) is -0.605. The molecular formula is C32H36ClN2O6S+. The topological polar surface area (TPSA) is 110 Å². The van der Waals surface area contributed by atoms with Crippen LogP contribution in [0.15, 0.2) is 60.7 Å². The monoisotopic (exact) mass is 611 g/mol. The molecule has 0 saturated heterocycles. The van der Waals surface area contributed by atoms with Crippen LogP contribution in [0.3, 0.4) is 0 Å². The fourth-order valence-electron chi connectivity index (χ4n) is 5.74. The fourth-order valence-corrected chi connectivity index (χ4v) is 7.20. The van der Waals surface area contributed by atoms with Crippen LogP contribution in [-0.2, 0) is 23.9 Å². The van der Waals surface area contributed by atoms with Crippen molar-refractivity contribution in [2.75, 3.05) is 19.4 Å². The van der Waals surface area contributed by atoms with Gasteiger partial charge in [0, 0.05) is 22.1 Å². The van der Waals surface area contributed by atoms with Crippen LogP contribution >= 0.6 is 23.4 Å². The molecule has 0 aliphatic carbocycles. The highest BCUT2D eigenvalue weighted by Gasteiger charge is 2.52. The van der Waals surface area contributed by atoms with Crippen LogP contribution in [0, 0.1) is 11.3 Å². The molecule has 10 heteroatoms. The molecule has 3 aromatic rings. The molecule has 1 heterocycles. The number of ether oxygens (including phenoxy) is 1. The number of hydrogen-bond donors (Lipinski definition) is 2. The van der Waals surface area contributed by atoms with Gasteiger partial charge in [0.1, 0.15) is 18.1 Å². The zero-order valence-electron chi connectivity index (χ0n) is 24.3. The number of amides is 1. The zero-order chi connectivity index (χ0) is 30.8. The first-order valence-electron chi connectivity index (χ1n) is 13.7. The Labute approximate surface area is 254 Å². The van der Waals surface area contributed by atoms with Gasteiger partial charge in [-0.2, -0.15) is 0 Å². The standard InChI is InChI=1S/C32H35ClN2O6S/c1-19(36)24(16-28(38)39)29(31(40)41-5)34-35(18-32(2,3)4)26-14-13-21(33)15-25(26)30(42-17-27(35)37)23-12-8-10-20-9-6-7-11-22(20)23/h6-15,24,29-30,34H,16-18H2,1-5H3/p+1/t24?,29-,30+,35+/m0/s1. The quantitative estimate of drug-likeness (QED) is 0.226. The molecule has 1 aliphatic heterocycles. The number of Topliss-reactive ketones (excluding diaryl/α,β-unsaturated/α-hetero) is 1. The van der Waals surface area contributed by atoms with Crippen LogP contribution in [0.5, 0.6) is 0 Å². The van der Waals surface area contributed by atoms with Gasteiger partial charge in [-0.3, -0.25) is 14.4 Å². The smallest absolute Gasteiger partial charge is 0.347 e. The molecule has 0 aromatic heterocycles. The van der Waals surface area contributed by atoms with Gasteiger partial charge >= 0.3 is 17.8 Å². The predicted molar refractivity (Wildman–Crippen MR) is 166 cm³/mol. The highest BCUT2D eigenvalue weighted by atomic mass is 35.5. The minimum absolute atomic E-state index is 0.0703. The number of thioether (sulfide) groups is 1. The molecule has 0 radical (unpaired) electrons. The summed E-state index contributed by atoms with van der Waals surface area (Å²) in [6.45, 7) is 7.37. The van der Waals surface area contributed by atoms with Crippen molar-refractivity contribution in [3.8, 4) is 0 Å². The summed E-state index contributed by atoms with van der Waals surface area (Å²) in [5.74, 6) is -4.01. The van der Waals surface area contributed by atoms with Crippen molar-refractivity contribution in [2.24, 2.45) is 11.3 Å². The number of carboxylic acid groups (broad SMARTS) is 1. The maximum absolute atomic E-state index is 14.5. The third-order valence-electron chi connectivity index (χ3n) is 7.43. The van der Waals surface area contributed by atoms with Crippen molar-refractivity contribution >= 4 is 63.5 Å². The number of quaternary nitrogens is 1. The number of nitrogens with one attached hydrogen (secondary N) is 1. The van der Waals surface area contributed by atoms with Crippen molar-refractivity contribution in [1.82, 2.24) is 10.0 Å². The van der Waals surface area contributed by atoms with E-state index < -0.39 is 46.1 Å². The summed E-state index contributed by atoms with van der Waals surface area (Å²) < 4.78 is 4.57. The van der Waals surface area contributed by atoms with E-state index in [4.69, 9.17) is 16.3 Å². The number of methoxy groups -OCH3 is 1. The van der Waals surface area contributed by atoms with Gasteiger partial charge in [0.05, 0.1) is 24.7 Å². The number of rotatable bonds is 9. The van der Waals surface area contributed by atoms with Gasteiger partial charge in [-0.1, -0.05) is 74.8 Å². The molecule has 1 unspecified atom stereocenters. The Balaban J connectivity index is 2.00. The Morgan fingerprint density at radius 2 is 1.79 bits per heavy atom. The predicted octanol–water partition coefficient (Wildman–Crippen LogP) is 5.94. The van der Waals surface area contributed by atoms with E-state index in [1.807, 2.05) is 69.3 Å². The first-order chi connectivity index (χ1) is 19.8. The SMILES string of the molecule is COC(=O)[C@@H](N[N@@+]1(CC(C)(C)C)C(=O)CS[C@H](c2cccc3ccccc23)c2cc(Cl)ccc21)C(CC(=O)O)C(C)=O. The van der Waals surface area contributed by atoms with Crippen molar-refractivity contribution in [3.63, 3.8) is 0 Å². The summed E-state index contributed by atoms with van der Waals surface area (Å²) in [7, 11) is 1.17. The Morgan fingerprint density at radius 1 is 1.10 bits per heavy atom. The number of fused-ring (bicyclic) bond motifs is 2. The van der Waals surface area contributed by atoms with E-state index in [2.05, 4.69) is 5.43 Å². The molecule has 0 fully saturated rings. The average Bonchev–Trinajstić information content (AvgIpc) is 3.03. The molecule has 4 rings (SSSR count). The van der Waals surface area contributed by atoms with E-state index in [9.17, 15) is 24.3 Å². The first-order valence-corrected chi connectivity index (χ1v) is 15.1. The Hall–Kier alpha value is -3.24. The van der Waals surface area contributed by atoms with Crippen LogP contribution in [-0.4, -0.2) is 54.2 Å². The van der Waals surface area contributed by atoms with E-state index in [0.29, 0.717) is 10.7 Å². The largest absolute Gasteiger partial charge is 0.481 e. The second kappa shape index (κ2) is 12.6. The van der Waals surface area contributed by atoms with Crippen LogP contribution < -0.4 is 10.0 Å². The number of aliphatic carboxylic acids is 1. The second-order valence-electron chi connectivity index (χ2n) is 11.8. The minimum atomic E-state index is -1.41. The third kappa shape index (κ3) is 6.54. The van der Waals surface area contributed by atoms with Crippen molar-refractivity contribution in [3.05, 3.63) is 76.8 Å². The second-order valence-corrected chi connectivity index (χ2v) is 13.4. The molecule has 42 heavy (non-hydrogen) atoms. The number of carbonyl (C=O) groups excluding carboxylic acids is 3. The molecule has 3 aromatic carbocycles. The lowest BCUT2D eigenvalue weighted by atomic mass is 9.91. The first kappa shape index (κ1) is 31.7. The van der Waals surface area contributed by atoms with Gasteiger partial charge in [-0.05, 0) is 35.4 Å². The molecule has 0 spiro atoms. The van der Waals surface area contributed by atoms with E-state index >= 15 is 0 Å². The number of carbonyl (C=O) groups is 4. The van der Waals surface area contributed by atoms with Gasteiger partial charge in [-0.15, -0.1) is 21.8 Å². The van der Waals surface area contributed by atoms with Crippen LogP contribution in [0.2, 0.25) is 5.02 Å². The normalized spacial score (nSPS) is 20.3. The molecule has 0 saturated carbocycles. The zero-order valence-corrected chi connectivity index (χ0v) is 25.9. The van der Waals surface area contributed by atoms with E-state index in [-0.39, 0.29) is 23.5 Å². The molecule has 222 valence electrons. The van der Waals surface area contributed by atoms with Crippen LogP contribution in [0.1, 0.15) is 50.5 Å². The maximum atomic E-state index is 14.5. The lowest BCUT2D eigenvalue weighted by Crippen LogP contribution is -2.71. The highest BCUT2D eigenvalue weighted by molar-refractivity contribution is 8.00. The number of ketones is 1. The van der Waals surface area contributed by atoms with Crippen LogP contribution in [0.25, 0.3) is 10.8 Å². The van der Waals surface area contributed by atoms with Gasteiger partial charge < -0.3 is 9.84 Å². The van der Waals surface area contributed by atoms with Crippen molar-refractivity contribution < 1.29 is 29.0 Å². The van der Waals surface area contributed by atoms with E-state index in [1.54, 1.807) is 12.1 Å². The number of nitrogens with zero attached hydrogens (tertiary/aromatic N) is 1. The number of carboxylic acids is 1. The third-order valence-corrected chi connectivity index (χ3v) is 8.92. The van der Waals surface area contributed by atoms with Gasteiger partial charge in [0.15, 0.2) is 11.7 Å². The van der Waals surface area contributed by atoms with Gasteiger partial charge in [0.2, 0.25) is 0 Å². The Bertz CT molecular complexity index is 1530. The lowest BCUT2D eigenvalue weighted by molar-refractivity contribution is -0.152. The fraction of sp³-hybridized carbons (Fsp3) is 0.375. The molecule has 2 N–H and O–H groups in total. The molecule has 8 nitrogen and oxygen atoms in total. The number of esters is 1. The Kier molecular flexibility index (Phi) is 9.47. The van der Waals surface area contributed by atoms with E-state index in [1.165, 1.54) is 25.8 Å². The summed E-state index contributed by atoms with van der Waals surface area (Å²) >= 11 is 8.05. The minimum Gasteiger partial charge on any atom is -0.481 e. The maximum Gasteiger partial charge on any atom is 0.347 e. The van der Waals surface area contributed by atoms with Gasteiger partial charge in [-0.25, -0.2) is 4.79 Å². The van der Waals surface area contributed by atoms with E-state index in [0.717, 1.165) is 21.9 Å². The lowest BCUT2D eigenvalue weighted by Gasteiger charge is -2.42. The summed E-state index contributed by atoms with van der Waals surface area (Å²) in [5, 5.41) is 11.9. The molecule has 1 amide bonds. The number of halogens is 1. The van der Waals surface area contributed by atoms with Crippen molar-refractivity contribution in [1.29, 1.82) is 0 Å². The van der Waals surface area contributed by atoms with Crippen LogP contribution in [0.4, 0.5) is 5.69 Å². The molecule has 0 bridgehead atoms. The summed E-state index contributed by atoms with van der Waals surface area (Å²) in [4.78, 5) is 52.2. The molecular weight excluding hydrogens is 576 g/mol. The molecule has 4 atom stereocenters. The highest BCUT2D eigenvalue weighted by Crippen LogP contribution is 2.48. The number of hydrogen-bond acceptors (Lipinski definition) is 7. The van der Waals surface area contributed by atoms with Crippen molar-refractivity contribution in [2.45, 2.75) is 45.4 Å². The molecule has 1 aliphatic rings. The number of benzene rings is 3.